The quantitative estimate of drug-likeness (QED) is 0.664. The van der Waals surface area contributed by atoms with E-state index in [2.05, 4.69) is 51.4 Å². The minimum Gasteiger partial charge on any atom is -0.467 e. The molecule has 0 aromatic carbocycles. The summed E-state index contributed by atoms with van der Waals surface area (Å²) in [6, 6.07) is 0.903. The maximum atomic E-state index is 5.03. The number of aromatic nitrogens is 3. The van der Waals surface area contributed by atoms with Gasteiger partial charge >= 0.3 is 6.01 Å². The van der Waals surface area contributed by atoms with Crippen molar-refractivity contribution in [3.05, 3.63) is 0 Å². The lowest BCUT2D eigenvalue weighted by Gasteiger charge is -2.20. The molecule has 7 nitrogen and oxygen atoms in total. The molecule has 0 aliphatic heterocycles. The van der Waals surface area contributed by atoms with Crippen LogP contribution in [0.2, 0.25) is 0 Å². The summed E-state index contributed by atoms with van der Waals surface area (Å²) < 4.78 is 5.03. The van der Waals surface area contributed by atoms with Crippen LogP contribution in [0.3, 0.4) is 0 Å². The molecule has 0 amide bonds. The number of rotatable bonds is 9. The first-order valence-electron chi connectivity index (χ1n) is 6.98. The summed E-state index contributed by atoms with van der Waals surface area (Å²) in [4.78, 5) is 14.8. The van der Waals surface area contributed by atoms with E-state index in [9.17, 15) is 0 Å². The van der Waals surface area contributed by atoms with E-state index in [0.29, 0.717) is 23.9 Å². The fourth-order valence-corrected chi connectivity index (χ4v) is 1.58. The molecule has 0 radical (unpaired) electrons. The van der Waals surface area contributed by atoms with E-state index in [1.54, 1.807) is 14.2 Å². The molecule has 0 aliphatic carbocycles. The number of hydrogen-bond acceptors (Lipinski definition) is 7. The second-order valence-electron chi connectivity index (χ2n) is 4.93. The molecule has 0 atom stereocenters. The zero-order chi connectivity index (χ0) is 15.0. The van der Waals surface area contributed by atoms with Crippen LogP contribution in [-0.4, -0.2) is 60.2 Å². The van der Waals surface area contributed by atoms with Crippen LogP contribution in [-0.2, 0) is 0 Å². The second-order valence-corrected chi connectivity index (χ2v) is 4.93. The van der Waals surface area contributed by atoms with E-state index in [1.807, 2.05) is 0 Å². The molecular weight excluding hydrogens is 256 g/mol. The zero-order valence-corrected chi connectivity index (χ0v) is 13.1. The van der Waals surface area contributed by atoms with E-state index >= 15 is 0 Å². The van der Waals surface area contributed by atoms with Crippen LogP contribution in [0.1, 0.15) is 26.7 Å². The summed E-state index contributed by atoms with van der Waals surface area (Å²) in [6.45, 7) is 6.34. The topological polar surface area (TPSA) is 75.2 Å². The van der Waals surface area contributed by atoms with Gasteiger partial charge in [-0.1, -0.05) is 0 Å². The van der Waals surface area contributed by atoms with Gasteiger partial charge in [0.25, 0.3) is 0 Å². The van der Waals surface area contributed by atoms with Crippen LogP contribution in [0.25, 0.3) is 0 Å². The molecule has 0 spiro atoms. The molecular formula is C13H26N6O. The number of unbranched alkanes of at least 4 members (excludes halogenated alkanes) is 1. The van der Waals surface area contributed by atoms with Crippen molar-refractivity contribution in [2.75, 3.05) is 44.9 Å². The van der Waals surface area contributed by atoms with Gasteiger partial charge in [-0.3, -0.25) is 0 Å². The molecule has 1 aromatic heterocycles. The molecule has 1 heterocycles. The van der Waals surface area contributed by atoms with Crippen molar-refractivity contribution in [3.63, 3.8) is 0 Å². The molecule has 2 N–H and O–H groups in total. The molecule has 0 aliphatic rings. The number of methoxy groups -OCH3 is 1. The average Bonchev–Trinajstić information content (AvgIpc) is 2.46. The third-order valence-corrected chi connectivity index (χ3v) is 3.12. The van der Waals surface area contributed by atoms with E-state index in [4.69, 9.17) is 4.74 Å². The minimum absolute atomic E-state index is 0.311. The third-order valence-electron chi connectivity index (χ3n) is 3.12. The lowest BCUT2D eigenvalue weighted by molar-refractivity contribution is 0.269. The van der Waals surface area contributed by atoms with Gasteiger partial charge in [0.05, 0.1) is 7.11 Å². The Bertz CT molecular complexity index is 376. The van der Waals surface area contributed by atoms with Crippen molar-refractivity contribution in [2.45, 2.75) is 32.7 Å². The number of ether oxygens (including phenoxy) is 1. The normalized spacial score (nSPS) is 10.9. The molecule has 0 fully saturated rings. The Labute approximate surface area is 121 Å². The van der Waals surface area contributed by atoms with Gasteiger partial charge < -0.3 is 20.3 Å². The van der Waals surface area contributed by atoms with Gasteiger partial charge in [0.2, 0.25) is 11.9 Å². The molecule has 0 bridgehead atoms. The number of anilines is 2. The highest BCUT2D eigenvalue weighted by molar-refractivity contribution is 5.35. The van der Waals surface area contributed by atoms with Crippen molar-refractivity contribution < 1.29 is 4.74 Å². The number of nitrogens with zero attached hydrogens (tertiary/aromatic N) is 4. The van der Waals surface area contributed by atoms with Crippen molar-refractivity contribution in [1.29, 1.82) is 0 Å². The fraction of sp³-hybridized carbons (Fsp3) is 0.769. The standard InChI is InChI=1S/C13H26N6O/c1-10(2)19(4)9-7-6-8-15-12-16-11(14-3)17-13(18-12)20-5/h10H,6-9H2,1-5H3,(H2,14,15,16,17,18). The monoisotopic (exact) mass is 282 g/mol. The molecule has 0 saturated carbocycles. The predicted molar refractivity (Wildman–Crippen MR) is 81.4 cm³/mol. The van der Waals surface area contributed by atoms with Gasteiger partial charge in [-0.15, -0.1) is 0 Å². The highest BCUT2D eigenvalue weighted by atomic mass is 16.5. The molecule has 1 rings (SSSR count). The van der Waals surface area contributed by atoms with Crippen LogP contribution in [0.5, 0.6) is 6.01 Å². The first-order chi connectivity index (χ1) is 9.56. The molecule has 20 heavy (non-hydrogen) atoms. The van der Waals surface area contributed by atoms with Gasteiger partial charge in [-0.25, -0.2) is 0 Å². The van der Waals surface area contributed by atoms with E-state index in [-0.39, 0.29) is 0 Å². The summed E-state index contributed by atoms with van der Waals surface area (Å²) in [7, 11) is 5.45. The summed E-state index contributed by atoms with van der Waals surface area (Å²) in [6.07, 6.45) is 2.21. The maximum Gasteiger partial charge on any atom is 0.322 e. The zero-order valence-electron chi connectivity index (χ0n) is 13.1. The number of nitrogens with one attached hydrogen (secondary N) is 2. The summed E-state index contributed by atoms with van der Waals surface area (Å²) >= 11 is 0. The molecule has 114 valence electrons. The molecule has 0 unspecified atom stereocenters. The Kier molecular flexibility index (Phi) is 7.00. The van der Waals surface area contributed by atoms with Crippen molar-refractivity contribution in [2.24, 2.45) is 0 Å². The van der Waals surface area contributed by atoms with E-state index < -0.39 is 0 Å². The Hall–Kier alpha value is -1.63. The Morgan fingerprint density at radius 1 is 1.15 bits per heavy atom. The van der Waals surface area contributed by atoms with Gasteiger partial charge in [0, 0.05) is 19.6 Å². The summed E-state index contributed by atoms with van der Waals surface area (Å²) in [5, 5.41) is 6.08. The predicted octanol–water partition coefficient (Wildman–Crippen LogP) is 1.45. The average molecular weight is 282 g/mol. The Balaban J connectivity index is 2.34. The van der Waals surface area contributed by atoms with Crippen LogP contribution in [0, 0.1) is 0 Å². The SMILES string of the molecule is CNc1nc(NCCCCN(C)C(C)C)nc(OC)n1. The Morgan fingerprint density at radius 2 is 1.85 bits per heavy atom. The van der Waals surface area contributed by atoms with Crippen molar-refractivity contribution in [1.82, 2.24) is 19.9 Å². The minimum atomic E-state index is 0.311. The third kappa shape index (κ3) is 5.56. The molecule has 7 heteroatoms. The lowest BCUT2D eigenvalue weighted by atomic mass is 10.2. The van der Waals surface area contributed by atoms with Gasteiger partial charge in [0.15, 0.2) is 0 Å². The largest absolute Gasteiger partial charge is 0.467 e. The summed E-state index contributed by atoms with van der Waals surface area (Å²) in [5.74, 6) is 1.04. The first kappa shape index (κ1) is 16.4. The Morgan fingerprint density at radius 3 is 2.45 bits per heavy atom. The highest BCUT2D eigenvalue weighted by Crippen LogP contribution is 2.10. The number of hydrogen-bond donors (Lipinski definition) is 2. The van der Waals surface area contributed by atoms with Crippen LogP contribution < -0.4 is 15.4 Å². The fourth-order valence-electron chi connectivity index (χ4n) is 1.58. The smallest absolute Gasteiger partial charge is 0.322 e. The van der Waals surface area contributed by atoms with Crippen LogP contribution in [0.15, 0.2) is 0 Å². The van der Waals surface area contributed by atoms with Gasteiger partial charge in [-0.2, -0.15) is 15.0 Å². The van der Waals surface area contributed by atoms with Gasteiger partial charge in [-0.05, 0) is 40.3 Å². The van der Waals surface area contributed by atoms with Crippen molar-refractivity contribution >= 4 is 11.9 Å². The van der Waals surface area contributed by atoms with Gasteiger partial charge in [0.1, 0.15) is 0 Å². The van der Waals surface area contributed by atoms with Crippen LogP contribution >= 0.6 is 0 Å². The maximum absolute atomic E-state index is 5.03. The highest BCUT2D eigenvalue weighted by Gasteiger charge is 2.05. The molecule has 1 aromatic rings. The van der Waals surface area contributed by atoms with E-state index in [1.165, 1.54) is 0 Å². The summed E-state index contributed by atoms with van der Waals surface area (Å²) in [5.41, 5.74) is 0. The molecule has 0 saturated heterocycles. The first-order valence-corrected chi connectivity index (χ1v) is 6.98. The van der Waals surface area contributed by atoms with Crippen molar-refractivity contribution in [3.8, 4) is 6.01 Å². The van der Waals surface area contributed by atoms with E-state index in [0.717, 1.165) is 25.9 Å². The lowest BCUT2D eigenvalue weighted by Crippen LogP contribution is -2.27. The van der Waals surface area contributed by atoms with Crippen LogP contribution in [0.4, 0.5) is 11.9 Å². The second kappa shape index (κ2) is 8.52.